The van der Waals surface area contributed by atoms with Crippen molar-refractivity contribution in [3.05, 3.63) is 29.3 Å². The number of hydrogen-bond donors (Lipinski definition) is 1. The third-order valence-corrected chi connectivity index (χ3v) is 4.42. The van der Waals surface area contributed by atoms with Crippen molar-refractivity contribution in [2.75, 3.05) is 38.1 Å². The number of anilines is 1. The Morgan fingerprint density at radius 3 is 2.76 bits per heavy atom. The lowest BCUT2D eigenvalue weighted by Crippen LogP contribution is -2.51. The number of hydrogen-bond acceptors (Lipinski definition) is 3. The number of carbonyl (C=O) groups excluding carboxylic acids is 1. The van der Waals surface area contributed by atoms with Crippen molar-refractivity contribution < 1.29 is 4.79 Å². The van der Waals surface area contributed by atoms with Crippen LogP contribution in [-0.2, 0) is 0 Å². The SMILES string of the molecule is CCNC(=O)c1cc(N2CCN(C)C(CC)C2)ccc1C. The van der Waals surface area contributed by atoms with Crippen molar-refractivity contribution in [3.8, 4) is 0 Å². The molecule has 1 amide bonds. The quantitative estimate of drug-likeness (QED) is 0.923. The number of likely N-dealkylation sites (N-methyl/N-ethyl adjacent to an activating group) is 1. The molecule has 2 rings (SSSR count). The number of piperazine rings is 1. The van der Waals surface area contributed by atoms with Gasteiger partial charge in [-0.3, -0.25) is 9.69 Å². The zero-order chi connectivity index (χ0) is 15.4. The fourth-order valence-corrected chi connectivity index (χ4v) is 2.93. The first-order chi connectivity index (χ1) is 10.1. The molecule has 4 nitrogen and oxygen atoms in total. The van der Waals surface area contributed by atoms with Crippen LogP contribution >= 0.6 is 0 Å². The first kappa shape index (κ1) is 15.8. The molecule has 1 aliphatic heterocycles. The van der Waals surface area contributed by atoms with Crippen molar-refractivity contribution >= 4 is 11.6 Å². The van der Waals surface area contributed by atoms with Crippen LogP contribution in [0.1, 0.15) is 36.2 Å². The molecular formula is C17H27N3O. The average Bonchev–Trinajstić information content (AvgIpc) is 2.48. The minimum Gasteiger partial charge on any atom is -0.369 e. The van der Waals surface area contributed by atoms with E-state index in [0.29, 0.717) is 12.6 Å². The Hall–Kier alpha value is -1.55. The summed E-state index contributed by atoms with van der Waals surface area (Å²) in [4.78, 5) is 17.0. The lowest BCUT2D eigenvalue weighted by atomic mass is 10.0. The third-order valence-electron chi connectivity index (χ3n) is 4.42. The summed E-state index contributed by atoms with van der Waals surface area (Å²) in [5.41, 5.74) is 2.99. The summed E-state index contributed by atoms with van der Waals surface area (Å²) in [6, 6.07) is 6.82. The van der Waals surface area contributed by atoms with E-state index in [0.717, 1.165) is 42.9 Å². The predicted octanol–water partition coefficient (Wildman–Crippen LogP) is 2.28. The standard InChI is InChI=1S/C17H27N3O/c1-5-14-12-20(10-9-19(14)4)15-8-7-13(3)16(11-15)17(21)18-6-2/h7-8,11,14H,5-6,9-10,12H2,1-4H3,(H,18,21). The normalized spacial score (nSPS) is 19.6. The lowest BCUT2D eigenvalue weighted by Gasteiger charge is -2.40. The number of carbonyl (C=O) groups is 1. The molecule has 116 valence electrons. The number of nitrogens with one attached hydrogen (secondary N) is 1. The Morgan fingerprint density at radius 1 is 1.33 bits per heavy atom. The van der Waals surface area contributed by atoms with Crippen molar-refractivity contribution in [2.24, 2.45) is 0 Å². The van der Waals surface area contributed by atoms with Gasteiger partial charge in [0.1, 0.15) is 0 Å². The number of aryl methyl sites for hydroxylation is 1. The maximum Gasteiger partial charge on any atom is 0.251 e. The molecule has 1 heterocycles. The Labute approximate surface area is 128 Å². The molecule has 0 aromatic heterocycles. The highest BCUT2D eigenvalue weighted by Crippen LogP contribution is 2.23. The Kier molecular flexibility index (Phi) is 5.23. The van der Waals surface area contributed by atoms with E-state index in [4.69, 9.17) is 0 Å². The molecule has 21 heavy (non-hydrogen) atoms. The van der Waals surface area contributed by atoms with Crippen LogP contribution in [0.15, 0.2) is 18.2 Å². The van der Waals surface area contributed by atoms with Crippen LogP contribution in [0.25, 0.3) is 0 Å². The van der Waals surface area contributed by atoms with Gasteiger partial charge < -0.3 is 10.2 Å². The third kappa shape index (κ3) is 3.56. The lowest BCUT2D eigenvalue weighted by molar-refractivity contribution is 0.0955. The maximum atomic E-state index is 12.1. The topological polar surface area (TPSA) is 35.6 Å². The molecule has 0 aliphatic carbocycles. The molecule has 1 aliphatic rings. The van der Waals surface area contributed by atoms with E-state index in [1.165, 1.54) is 0 Å². The highest BCUT2D eigenvalue weighted by atomic mass is 16.1. The molecule has 1 atom stereocenters. The number of nitrogens with zero attached hydrogens (tertiary/aromatic N) is 2. The highest BCUT2D eigenvalue weighted by Gasteiger charge is 2.23. The van der Waals surface area contributed by atoms with Gasteiger partial charge in [-0.15, -0.1) is 0 Å². The van der Waals surface area contributed by atoms with Crippen molar-refractivity contribution in [1.82, 2.24) is 10.2 Å². The summed E-state index contributed by atoms with van der Waals surface area (Å²) in [6.45, 7) is 9.96. The minimum atomic E-state index is 0.0259. The molecule has 1 saturated heterocycles. The van der Waals surface area contributed by atoms with Gasteiger partial charge in [0, 0.05) is 43.5 Å². The summed E-state index contributed by atoms with van der Waals surface area (Å²) < 4.78 is 0. The van der Waals surface area contributed by atoms with Gasteiger partial charge in [-0.2, -0.15) is 0 Å². The van der Waals surface area contributed by atoms with Crippen LogP contribution in [0.3, 0.4) is 0 Å². The Morgan fingerprint density at radius 2 is 2.10 bits per heavy atom. The van der Waals surface area contributed by atoms with Crippen LogP contribution in [0.2, 0.25) is 0 Å². The van der Waals surface area contributed by atoms with Gasteiger partial charge in [-0.25, -0.2) is 0 Å². The number of benzene rings is 1. The molecule has 0 saturated carbocycles. The molecule has 1 unspecified atom stereocenters. The number of amides is 1. The van der Waals surface area contributed by atoms with Crippen molar-refractivity contribution in [3.63, 3.8) is 0 Å². The first-order valence-electron chi connectivity index (χ1n) is 7.90. The van der Waals surface area contributed by atoms with Gasteiger partial charge in [0.15, 0.2) is 0 Å². The van der Waals surface area contributed by atoms with E-state index in [1.807, 2.05) is 19.9 Å². The summed E-state index contributed by atoms with van der Waals surface area (Å²) >= 11 is 0. The molecule has 4 heteroatoms. The van der Waals surface area contributed by atoms with E-state index >= 15 is 0 Å². The molecule has 0 radical (unpaired) electrons. The van der Waals surface area contributed by atoms with Crippen LogP contribution in [0.4, 0.5) is 5.69 Å². The minimum absolute atomic E-state index is 0.0259. The fraction of sp³-hybridized carbons (Fsp3) is 0.588. The second kappa shape index (κ2) is 6.94. The van der Waals surface area contributed by atoms with Crippen LogP contribution in [0, 0.1) is 6.92 Å². The van der Waals surface area contributed by atoms with E-state index in [-0.39, 0.29) is 5.91 Å². The Bertz CT molecular complexity index is 501. The summed E-state index contributed by atoms with van der Waals surface area (Å²) in [5.74, 6) is 0.0259. The molecular weight excluding hydrogens is 262 g/mol. The largest absolute Gasteiger partial charge is 0.369 e. The molecule has 1 aromatic rings. The fourth-order valence-electron chi connectivity index (χ4n) is 2.93. The molecule has 1 N–H and O–H groups in total. The molecule has 1 aromatic carbocycles. The zero-order valence-corrected chi connectivity index (χ0v) is 13.6. The molecule has 0 bridgehead atoms. The smallest absolute Gasteiger partial charge is 0.251 e. The first-order valence-corrected chi connectivity index (χ1v) is 7.90. The number of rotatable bonds is 4. The van der Waals surface area contributed by atoms with Gasteiger partial charge in [-0.05, 0) is 45.0 Å². The van der Waals surface area contributed by atoms with E-state index in [9.17, 15) is 4.79 Å². The van der Waals surface area contributed by atoms with Crippen molar-refractivity contribution in [1.29, 1.82) is 0 Å². The second-order valence-electron chi connectivity index (χ2n) is 5.85. The van der Waals surface area contributed by atoms with Gasteiger partial charge in [0.2, 0.25) is 0 Å². The summed E-state index contributed by atoms with van der Waals surface area (Å²) in [5, 5.41) is 2.89. The summed E-state index contributed by atoms with van der Waals surface area (Å²) in [6.07, 6.45) is 1.15. The van der Waals surface area contributed by atoms with Gasteiger partial charge >= 0.3 is 0 Å². The van der Waals surface area contributed by atoms with Gasteiger partial charge in [0.25, 0.3) is 5.91 Å². The molecule has 1 fully saturated rings. The second-order valence-corrected chi connectivity index (χ2v) is 5.85. The van der Waals surface area contributed by atoms with Gasteiger partial charge in [0.05, 0.1) is 0 Å². The zero-order valence-electron chi connectivity index (χ0n) is 13.6. The highest BCUT2D eigenvalue weighted by molar-refractivity contribution is 5.96. The monoisotopic (exact) mass is 289 g/mol. The van der Waals surface area contributed by atoms with E-state index in [2.05, 4.69) is 41.2 Å². The molecule has 0 spiro atoms. The summed E-state index contributed by atoms with van der Waals surface area (Å²) in [7, 11) is 2.20. The van der Waals surface area contributed by atoms with Crippen LogP contribution in [-0.4, -0.2) is 50.1 Å². The average molecular weight is 289 g/mol. The maximum absolute atomic E-state index is 12.1. The Balaban J connectivity index is 2.20. The van der Waals surface area contributed by atoms with Crippen LogP contribution < -0.4 is 10.2 Å². The van der Waals surface area contributed by atoms with Crippen LogP contribution in [0.5, 0.6) is 0 Å². The van der Waals surface area contributed by atoms with E-state index < -0.39 is 0 Å². The van der Waals surface area contributed by atoms with E-state index in [1.54, 1.807) is 0 Å². The van der Waals surface area contributed by atoms with Crippen molar-refractivity contribution in [2.45, 2.75) is 33.2 Å². The predicted molar refractivity (Wildman–Crippen MR) is 88.1 cm³/mol. The van der Waals surface area contributed by atoms with Gasteiger partial charge in [-0.1, -0.05) is 13.0 Å².